The average molecular weight is 339 g/mol. The van der Waals surface area contributed by atoms with Crippen molar-refractivity contribution in [3.05, 3.63) is 29.8 Å². The van der Waals surface area contributed by atoms with Gasteiger partial charge in [-0.15, -0.1) is 11.8 Å². The molecule has 1 saturated carbocycles. The number of hydrogen-bond donors (Lipinski definition) is 1. The number of benzene rings is 1. The monoisotopic (exact) mass is 339 g/mol. The van der Waals surface area contributed by atoms with Gasteiger partial charge in [-0.05, 0) is 31.4 Å². The van der Waals surface area contributed by atoms with E-state index in [1.165, 1.54) is 24.6 Å². The molecule has 0 aromatic heterocycles. The van der Waals surface area contributed by atoms with Crippen LogP contribution < -0.4 is 5.32 Å². The number of hydrogen-bond acceptors (Lipinski definition) is 4. The van der Waals surface area contributed by atoms with Gasteiger partial charge in [-0.3, -0.25) is 4.79 Å². The highest BCUT2D eigenvalue weighted by molar-refractivity contribution is 8.02. The summed E-state index contributed by atoms with van der Waals surface area (Å²) >= 11 is 1.53. The van der Waals surface area contributed by atoms with E-state index in [2.05, 4.69) is 5.32 Å². The summed E-state index contributed by atoms with van der Waals surface area (Å²) in [6.07, 6.45) is 5.15. The smallest absolute Gasteiger partial charge is 0.252 e. The van der Waals surface area contributed by atoms with E-state index in [0.29, 0.717) is 12.0 Å². The summed E-state index contributed by atoms with van der Waals surface area (Å²) in [6, 6.07) is 7.80. The van der Waals surface area contributed by atoms with Gasteiger partial charge in [0.25, 0.3) is 5.91 Å². The van der Waals surface area contributed by atoms with Crippen LogP contribution in [-0.4, -0.2) is 37.1 Å². The van der Waals surface area contributed by atoms with Crippen LogP contribution in [0.5, 0.6) is 0 Å². The largest absolute Gasteiger partial charge is 0.349 e. The first kappa shape index (κ1) is 15.9. The highest BCUT2D eigenvalue weighted by Gasteiger charge is 2.29. The van der Waals surface area contributed by atoms with Gasteiger partial charge >= 0.3 is 0 Å². The van der Waals surface area contributed by atoms with E-state index in [4.69, 9.17) is 0 Å². The number of thioether (sulfide) groups is 1. The predicted molar refractivity (Wildman–Crippen MR) is 89.1 cm³/mol. The van der Waals surface area contributed by atoms with E-state index in [-0.39, 0.29) is 28.7 Å². The Labute approximate surface area is 136 Å². The molecular formula is C16H21NO3S2. The van der Waals surface area contributed by atoms with E-state index in [1.807, 2.05) is 24.3 Å². The standard InChI is InChI=1S/C16H21NO3S2/c18-16(17-12-5-1-2-6-12)14-7-3-4-8-15(14)21-13-9-10-22(19,20)11-13/h3-4,7-8,12-13H,1-2,5-6,9-11H2,(H,17,18)/t13-/m1/s1. The Morgan fingerprint density at radius 1 is 1.14 bits per heavy atom. The number of rotatable bonds is 4. The van der Waals surface area contributed by atoms with Gasteiger partial charge in [0.05, 0.1) is 17.1 Å². The highest BCUT2D eigenvalue weighted by Crippen LogP contribution is 2.33. The Kier molecular flexibility index (Phi) is 4.78. The molecule has 1 saturated heterocycles. The lowest BCUT2D eigenvalue weighted by molar-refractivity contribution is 0.0935. The lowest BCUT2D eigenvalue weighted by Gasteiger charge is -2.15. The van der Waals surface area contributed by atoms with Gasteiger partial charge in [-0.25, -0.2) is 8.42 Å². The van der Waals surface area contributed by atoms with Gasteiger partial charge < -0.3 is 5.32 Å². The average Bonchev–Trinajstić information content (AvgIpc) is 3.09. The molecule has 1 heterocycles. The number of nitrogens with one attached hydrogen (secondary N) is 1. The molecule has 1 aromatic rings. The number of carbonyl (C=O) groups is 1. The van der Waals surface area contributed by atoms with Crippen LogP contribution >= 0.6 is 11.8 Å². The van der Waals surface area contributed by atoms with Gasteiger partial charge in [-0.2, -0.15) is 0 Å². The normalized spacial score (nSPS) is 24.5. The Morgan fingerprint density at radius 3 is 2.55 bits per heavy atom. The van der Waals surface area contributed by atoms with Crippen molar-refractivity contribution in [3.8, 4) is 0 Å². The lowest BCUT2D eigenvalue weighted by Crippen LogP contribution is -2.32. The molecule has 4 nitrogen and oxygen atoms in total. The fourth-order valence-corrected chi connectivity index (χ4v) is 6.75. The number of amides is 1. The van der Waals surface area contributed by atoms with Gasteiger partial charge in [0.1, 0.15) is 0 Å². The second-order valence-corrected chi connectivity index (χ2v) is 9.66. The van der Waals surface area contributed by atoms with Crippen LogP contribution in [0, 0.1) is 0 Å². The minimum Gasteiger partial charge on any atom is -0.349 e. The third-order valence-electron chi connectivity index (χ3n) is 4.31. The van der Waals surface area contributed by atoms with E-state index < -0.39 is 9.84 Å². The van der Waals surface area contributed by atoms with Crippen molar-refractivity contribution in [2.75, 3.05) is 11.5 Å². The second kappa shape index (κ2) is 6.62. The first-order valence-electron chi connectivity index (χ1n) is 7.80. The topological polar surface area (TPSA) is 63.2 Å². The predicted octanol–water partition coefficient (Wildman–Crippen LogP) is 2.64. The molecule has 22 heavy (non-hydrogen) atoms. The summed E-state index contributed by atoms with van der Waals surface area (Å²) in [5, 5.41) is 3.17. The maximum Gasteiger partial charge on any atom is 0.252 e. The minimum absolute atomic E-state index is 0.0316. The fraction of sp³-hybridized carbons (Fsp3) is 0.562. The summed E-state index contributed by atoms with van der Waals surface area (Å²) < 4.78 is 23.2. The molecule has 1 N–H and O–H groups in total. The molecule has 1 atom stereocenters. The van der Waals surface area contributed by atoms with Crippen LogP contribution in [-0.2, 0) is 9.84 Å². The van der Waals surface area contributed by atoms with Crippen molar-refractivity contribution in [1.29, 1.82) is 0 Å². The van der Waals surface area contributed by atoms with Crippen molar-refractivity contribution >= 4 is 27.5 Å². The van der Waals surface area contributed by atoms with Gasteiger partial charge in [0.15, 0.2) is 9.84 Å². The maximum absolute atomic E-state index is 12.5. The first-order chi connectivity index (χ1) is 10.5. The molecule has 0 spiro atoms. The Hall–Kier alpha value is -1.01. The number of sulfone groups is 1. The summed E-state index contributed by atoms with van der Waals surface area (Å²) in [5.41, 5.74) is 0.670. The zero-order valence-electron chi connectivity index (χ0n) is 12.5. The summed E-state index contributed by atoms with van der Waals surface area (Å²) in [5.74, 6) is 0.452. The van der Waals surface area contributed by atoms with Crippen molar-refractivity contribution in [1.82, 2.24) is 5.32 Å². The van der Waals surface area contributed by atoms with Gasteiger partial charge in [-0.1, -0.05) is 25.0 Å². The molecule has 0 unspecified atom stereocenters. The van der Waals surface area contributed by atoms with Crippen LogP contribution in [0.4, 0.5) is 0 Å². The quantitative estimate of drug-likeness (QED) is 0.916. The molecular weight excluding hydrogens is 318 g/mol. The molecule has 6 heteroatoms. The molecule has 120 valence electrons. The summed E-state index contributed by atoms with van der Waals surface area (Å²) in [6.45, 7) is 0. The molecule has 1 aliphatic heterocycles. The minimum atomic E-state index is -2.89. The summed E-state index contributed by atoms with van der Waals surface area (Å²) in [4.78, 5) is 13.4. The molecule has 1 aromatic carbocycles. The molecule has 3 rings (SSSR count). The van der Waals surface area contributed by atoms with Crippen LogP contribution in [0.1, 0.15) is 42.5 Å². The molecule has 2 fully saturated rings. The third-order valence-corrected chi connectivity index (χ3v) is 7.63. The van der Waals surface area contributed by atoms with E-state index in [1.54, 1.807) is 0 Å². The van der Waals surface area contributed by atoms with E-state index in [0.717, 1.165) is 17.7 Å². The molecule has 1 amide bonds. The lowest BCUT2D eigenvalue weighted by atomic mass is 10.2. The summed E-state index contributed by atoms with van der Waals surface area (Å²) in [7, 11) is -2.89. The zero-order valence-corrected chi connectivity index (χ0v) is 14.1. The third kappa shape index (κ3) is 3.84. The molecule has 0 bridgehead atoms. The first-order valence-corrected chi connectivity index (χ1v) is 10.5. The van der Waals surface area contributed by atoms with Crippen LogP contribution in [0.2, 0.25) is 0 Å². The van der Waals surface area contributed by atoms with Crippen LogP contribution in [0.25, 0.3) is 0 Å². The highest BCUT2D eigenvalue weighted by atomic mass is 32.2. The maximum atomic E-state index is 12.5. The Balaban J connectivity index is 1.70. The van der Waals surface area contributed by atoms with Crippen LogP contribution in [0.3, 0.4) is 0 Å². The van der Waals surface area contributed by atoms with Crippen molar-refractivity contribution in [2.24, 2.45) is 0 Å². The molecule has 2 aliphatic rings. The van der Waals surface area contributed by atoms with Crippen molar-refractivity contribution in [3.63, 3.8) is 0 Å². The Bertz CT molecular complexity index is 651. The molecule has 1 aliphatic carbocycles. The van der Waals surface area contributed by atoms with E-state index >= 15 is 0 Å². The van der Waals surface area contributed by atoms with E-state index in [9.17, 15) is 13.2 Å². The Morgan fingerprint density at radius 2 is 1.86 bits per heavy atom. The fourth-order valence-electron chi connectivity index (χ4n) is 3.12. The van der Waals surface area contributed by atoms with Gasteiger partial charge in [0.2, 0.25) is 0 Å². The second-order valence-electron chi connectivity index (χ2n) is 6.09. The SMILES string of the molecule is O=C(NC1CCCC1)c1ccccc1S[C@@H]1CCS(=O)(=O)C1. The van der Waals surface area contributed by atoms with Crippen molar-refractivity contribution < 1.29 is 13.2 Å². The van der Waals surface area contributed by atoms with Crippen molar-refractivity contribution in [2.45, 2.75) is 48.3 Å². The number of carbonyl (C=O) groups excluding carboxylic acids is 1. The molecule has 0 radical (unpaired) electrons. The zero-order chi connectivity index (χ0) is 15.6. The van der Waals surface area contributed by atoms with Crippen LogP contribution in [0.15, 0.2) is 29.2 Å². The van der Waals surface area contributed by atoms with Gasteiger partial charge in [0, 0.05) is 16.2 Å².